The number of aryl methyl sites for hydroxylation is 1. The maximum absolute atomic E-state index is 13.7. The molecule has 0 saturated carbocycles. The van der Waals surface area contributed by atoms with E-state index in [0.717, 1.165) is 34.3 Å². The second-order valence-corrected chi connectivity index (χ2v) is 15.9. The van der Waals surface area contributed by atoms with E-state index < -0.39 is 11.8 Å². The smallest absolute Gasteiger partial charge is 0.315 e. The minimum absolute atomic E-state index is 0.0766. The van der Waals surface area contributed by atoms with Crippen LogP contribution in [0, 0.1) is 17.6 Å². The van der Waals surface area contributed by atoms with Crippen LogP contribution in [0.4, 0.5) is 27.1 Å². The lowest BCUT2D eigenvalue weighted by molar-refractivity contribution is -0.136. The van der Waals surface area contributed by atoms with Crippen molar-refractivity contribution in [1.29, 1.82) is 0 Å². The molecule has 5 aromatic carbocycles. The fourth-order valence-corrected chi connectivity index (χ4v) is 6.77. The summed E-state index contributed by atoms with van der Waals surface area (Å²) in [5, 5.41) is 16.2. The number of benzene rings is 5. The standard InChI is InChI=1S/C26H27Cl2N3O3S.C15H13ClFNO2/c1-26(2,35-30-33)17-31(3)16-18-11-13-20(14-12-18)34-24(32)15-19-7-4-5-10-23(19)29-25-21(27)8-6-9-22(25)28;1-9-5-6-13(10(7-9)8-14(19)20)18-15-11(16)3-2-4-12(15)17/h4-14,29H,15-17H2,1-3H3;2-7,18H,8H2,1H3,(H,19,20). The zero-order valence-corrected chi connectivity index (χ0v) is 33.6. The van der Waals surface area contributed by atoms with Crippen molar-refractivity contribution in [2.45, 2.75) is 44.9 Å². The molecule has 0 aromatic heterocycles. The van der Waals surface area contributed by atoms with Gasteiger partial charge in [0.1, 0.15) is 11.6 Å². The summed E-state index contributed by atoms with van der Waals surface area (Å²) >= 11 is 19.5. The number of hydrogen-bond acceptors (Lipinski definition) is 9. The Labute approximate surface area is 339 Å². The molecular formula is C41H40Cl3FN4O5S. The predicted octanol–water partition coefficient (Wildman–Crippen LogP) is 11.7. The molecule has 5 aromatic rings. The number of aliphatic carboxylic acids is 1. The molecule has 0 radical (unpaired) electrons. The summed E-state index contributed by atoms with van der Waals surface area (Å²) in [7, 11) is 1.99. The van der Waals surface area contributed by atoms with E-state index in [2.05, 4.69) is 20.1 Å². The van der Waals surface area contributed by atoms with Crippen LogP contribution in [0.5, 0.6) is 5.75 Å². The number of nitrogens with one attached hydrogen (secondary N) is 2. The van der Waals surface area contributed by atoms with E-state index >= 15 is 0 Å². The number of carbonyl (C=O) groups excluding carboxylic acids is 1. The van der Waals surface area contributed by atoms with Gasteiger partial charge in [0.2, 0.25) is 0 Å². The Morgan fingerprint density at radius 2 is 1.42 bits per heavy atom. The highest BCUT2D eigenvalue weighted by Gasteiger charge is 2.22. The molecule has 14 heteroatoms. The van der Waals surface area contributed by atoms with E-state index in [9.17, 15) is 18.9 Å². The Hall–Kier alpha value is -4.65. The lowest BCUT2D eigenvalue weighted by Crippen LogP contribution is -2.33. The van der Waals surface area contributed by atoms with Gasteiger partial charge in [-0.25, -0.2) is 4.39 Å². The molecule has 0 amide bonds. The van der Waals surface area contributed by atoms with Gasteiger partial charge in [0.15, 0.2) is 0 Å². The maximum Gasteiger partial charge on any atom is 0.315 e. The maximum atomic E-state index is 13.7. The van der Waals surface area contributed by atoms with Crippen molar-refractivity contribution in [3.05, 3.63) is 151 Å². The number of nitroso groups, excluding NO2 is 1. The summed E-state index contributed by atoms with van der Waals surface area (Å²) in [4.78, 5) is 36.2. The monoisotopic (exact) mass is 824 g/mol. The SMILES string of the molecule is CN(Cc1ccc(OC(=O)Cc2ccccc2Nc2c(Cl)cccc2Cl)cc1)CC(C)(C)SN=O.Cc1ccc(Nc2c(F)cccc2Cl)c(CC(=O)O)c1. The fraction of sp³-hybridized carbons (Fsp3) is 0.220. The highest BCUT2D eigenvalue weighted by atomic mass is 35.5. The average molecular weight is 826 g/mol. The number of carboxylic acid groups (broad SMARTS) is 1. The Balaban J connectivity index is 0.000000284. The van der Waals surface area contributed by atoms with Crippen LogP contribution in [0.3, 0.4) is 0 Å². The first-order valence-electron chi connectivity index (χ1n) is 16.9. The number of nitrogens with zero attached hydrogens (tertiary/aromatic N) is 2. The van der Waals surface area contributed by atoms with E-state index in [4.69, 9.17) is 44.6 Å². The number of esters is 1. The molecule has 0 bridgehead atoms. The second kappa shape index (κ2) is 20.3. The summed E-state index contributed by atoms with van der Waals surface area (Å²) in [6.07, 6.45) is -0.0661. The van der Waals surface area contributed by atoms with Crippen LogP contribution < -0.4 is 15.4 Å². The van der Waals surface area contributed by atoms with Crippen LogP contribution in [0.15, 0.2) is 108 Å². The van der Waals surface area contributed by atoms with E-state index in [1.165, 1.54) is 12.1 Å². The molecule has 0 aliphatic rings. The molecule has 9 nitrogen and oxygen atoms in total. The van der Waals surface area contributed by atoms with E-state index in [1.807, 2.05) is 70.3 Å². The van der Waals surface area contributed by atoms with Crippen molar-refractivity contribution in [3.8, 4) is 5.75 Å². The van der Waals surface area contributed by atoms with Gasteiger partial charge in [-0.3, -0.25) is 9.59 Å². The molecule has 3 N–H and O–H groups in total. The van der Waals surface area contributed by atoms with Crippen molar-refractivity contribution in [3.63, 3.8) is 0 Å². The third-order valence-corrected chi connectivity index (χ3v) is 9.58. The quantitative estimate of drug-likeness (QED) is 0.0410. The van der Waals surface area contributed by atoms with Gasteiger partial charge in [0.05, 0.1) is 39.3 Å². The van der Waals surface area contributed by atoms with Gasteiger partial charge in [0.25, 0.3) is 0 Å². The Kier molecular flexibility index (Phi) is 15.9. The van der Waals surface area contributed by atoms with Gasteiger partial charge in [-0.2, -0.15) is 0 Å². The molecule has 0 saturated heterocycles. The first kappa shape index (κ1) is 43.1. The number of ether oxygens (including phenoxy) is 1. The highest BCUT2D eigenvalue weighted by Crippen LogP contribution is 2.34. The lowest BCUT2D eigenvalue weighted by Gasteiger charge is -2.26. The van der Waals surface area contributed by atoms with Crippen LogP contribution in [-0.4, -0.2) is 40.3 Å². The van der Waals surface area contributed by atoms with Gasteiger partial charge in [-0.1, -0.05) is 95.0 Å². The van der Waals surface area contributed by atoms with Crippen molar-refractivity contribution in [1.82, 2.24) is 4.90 Å². The van der Waals surface area contributed by atoms with Crippen molar-refractivity contribution >= 4 is 81.4 Å². The molecule has 0 heterocycles. The van der Waals surface area contributed by atoms with Crippen LogP contribution in [0.1, 0.15) is 36.1 Å². The summed E-state index contributed by atoms with van der Waals surface area (Å²) in [6.45, 7) is 7.22. The summed E-state index contributed by atoms with van der Waals surface area (Å²) < 4.78 is 22.0. The van der Waals surface area contributed by atoms with Gasteiger partial charge in [-0.05, 0) is 93.0 Å². The van der Waals surface area contributed by atoms with Crippen molar-refractivity contribution in [2.75, 3.05) is 24.2 Å². The van der Waals surface area contributed by atoms with Crippen molar-refractivity contribution < 1.29 is 23.8 Å². The third-order valence-electron chi connectivity index (χ3n) is 7.94. The molecule has 0 atom stereocenters. The third kappa shape index (κ3) is 13.6. The van der Waals surface area contributed by atoms with Gasteiger partial charge in [-0.15, -0.1) is 4.91 Å². The number of para-hydroxylation sites is 3. The molecule has 0 spiro atoms. The zero-order valence-electron chi connectivity index (χ0n) is 30.5. The van der Waals surface area contributed by atoms with Crippen molar-refractivity contribution in [2.24, 2.45) is 4.58 Å². The fourth-order valence-electron chi connectivity index (χ4n) is 5.59. The minimum Gasteiger partial charge on any atom is -0.481 e. The highest BCUT2D eigenvalue weighted by molar-refractivity contribution is 7.99. The number of rotatable bonds is 15. The number of anilines is 4. The van der Waals surface area contributed by atoms with Gasteiger partial charge < -0.3 is 25.4 Å². The number of carbonyl (C=O) groups is 2. The molecule has 55 heavy (non-hydrogen) atoms. The molecular weight excluding hydrogens is 786 g/mol. The molecule has 0 aliphatic carbocycles. The topological polar surface area (TPSA) is 120 Å². The van der Waals surface area contributed by atoms with E-state index in [0.29, 0.717) is 45.8 Å². The Morgan fingerprint density at radius 3 is 2.05 bits per heavy atom. The molecule has 0 fully saturated rings. The molecule has 288 valence electrons. The Morgan fingerprint density at radius 1 is 0.818 bits per heavy atom. The first-order valence-corrected chi connectivity index (χ1v) is 18.8. The number of carboxylic acids is 1. The van der Waals surface area contributed by atoms with Crippen LogP contribution >= 0.6 is 46.8 Å². The molecule has 0 aliphatic heterocycles. The van der Waals surface area contributed by atoms with E-state index in [-0.39, 0.29) is 34.3 Å². The minimum atomic E-state index is -0.946. The van der Waals surface area contributed by atoms with Gasteiger partial charge in [0, 0.05) is 45.7 Å². The summed E-state index contributed by atoms with van der Waals surface area (Å²) in [5.41, 5.74) is 5.33. The lowest BCUT2D eigenvalue weighted by atomic mass is 10.1. The van der Waals surface area contributed by atoms with Gasteiger partial charge >= 0.3 is 11.9 Å². The number of hydrogen-bond donors (Lipinski definition) is 3. The first-order chi connectivity index (χ1) is 26.1. The van der Waals surface area contributed by atoms with Crippen LogP contribution in [0.25, 0.3) is 0 Å². The normalized spacial score (nSPS) is 11.0. The Bertz CT molecular complexity index is 2080. The predicted molar refractivity (Wildman–Crippen MR) is 223 cm³/mol. The summed E-state index contributed by atoms with van der Waals surface area (Å²) in [6, 6.07) is 29.8. The number of halogens is 4. The van der Waals surface area contributed by atoms with E-state index in [1.54, 1.807) is 48.5 Å². The molecule has 5 rings (SSSR count). The van der Waals surface area contributed by atoms with Crippen LogP contribution in [-0.2, 0) is 29.0 Å². The summed E-state index contributed by atoms with van der Waals surface area (Å²) in [5.74, 6) is -1.34. The second-order valence-electron chi connectivity index (χ2n) is 13.2. The largest absolute Gasteiger partial charge is 0.481 e. The van der Waals surface area contributed by atoms with Crippen LogP contribution in [0.2, 0.25) is 15.1 Å². The molecule has 0 unspecified atom stereocenters. The zero-order chi connectivity index (χ0) is 40.1. The average Bonchev–Trinajstić information content (AvgIpc) is 3.10.